The van der Waals surface area contributed by atoms with E-state index in [1.165, 1.54) is 0 Å². The van der Waals surface area contributed by atoms with Crippen LogP contribution in [-0.4, -0.2) is 35.3 Å². The minimum absolute atomic E-state index is 0.253. The van der Waals surface area contributed by atoms with Crippen molar-refractivity contribution < 1.29 is 9.84 Å². The average molecular weight is 290 g/mol. The van der Waals surface area contributed by atoms with Crippen molar-refractivity contribution in [3.63, 3.8) is 0 Å². The second kappa shape index (κ2) is 7.40. The van der Waals surface area contributed by atoms with E-state index in [0.29, 0.717) is 11.8 Å². The number of aliphatic hydroxyl groups excluding tert-OH is 1. The number of anilines is 1. The number of hydrogen-bond acceptors (Lipinski definition) is 5. The van der Waals surface area contributed by atoms with E-state index >= 15 is 0 Å². The smallest absolute Gasteiger partial charge is 0.232 e. The molecule has 0 aromatic carbocycles. The van der Waals surface area contributed by atoms with Crippen LogP contribution >= 0.6 is 15.9 Å². The zero-order valence-electron chi connectivity index (χ0n) is 9.24. The molecule has 90 valence electrons. The summed E-state index contributed by atoms with van der Waals surface area (Å²) in [5, 5.41) is 11.7. The second-order valence-corrected chi connectivity index (χ2v) is 4.12. The molecule has 6 heteroatoms. The zero-order valence-corrected chi connectivity index (χ0v) is 10.8. The third-order valence-corrected chi connectivity index (χ3v) is 2.57. The molecule has 0 bridgehead atoms. The predicted molar refractivity (Wildman–Crippen MR) is 65.7 cm³/mol. The number of aromatic nitrogens is 2. The van der Waals surface area contributed by atoms with E-state index in [1.54, 1.807) is 13.3 Å². The number of methoxy groups -OCH3 is 1. The van der Waals surface area contributed by atoms with Crippen LogP contribution in [0.2, 0.25) is 0 Å². The first-order valence-electron chi connectivity index (χ1n) is 5.19. The molecule has 1 aromatic rings. The van der Waals surface area contributed by atoms with Crippen molar-refractivity contribution in [2.24, 2.45) is 0 Å². The molecule has 16 heavy (non-hydrogen) atoms. The lowest BCUT2D eigenvalue weighted by Crippen LogP contribution is -2.06. The quantitative estimate of drug-likeness (QED) is 0.750. The number of ether oxygens (including phenoxy) is 1. The predicted octanol–water partition coefficient (Wildman–Crippen LogP) is 1.82. The van der Waals surface area contributed by atoms with Gasteiger partial charge in [0.1, 0.15) is 0 Å². The molecule has 0 aliphatic rings. The summed E-state index contributed by atoms with van der Waals surface area (Å²) in [7, 11) is 1.57. The molecule has 0 spiro atoms. The molecule has 0 fully saturated rings. The summed E-state index contributed by atoms with van der Waals surface area (Å²) in [6.45, 7) is 1.05. The van der Waals surface area contributed by atoms with Crippen molar-refractivity contribution in [2.75, 3.05) is 25.6 Å². The van der Waals surface area contributed by atoms with Crippen LogP contribution in [-0.2, 0) is 0 Å². The number of aliphatic hydroxyl groups is 1. The first-order chi connectivity index (χ1) is 7.77. The van der Waals surface area contributed by atoms with Gasteiger partial charge in [-0.15, -0.1) is 0 Å². The number of unbranched alkanes of at least 4 members (excludes halogenated alkanes) is 2. The Morgan fingerprint density at radius 2 is 2.25 bits per heavy atom. The van der Waals surface area contributed by atoms with Crippen molar-refractivity contribution in [1.29, 1.82) is 0 Å². The zero-order chi connectivity index (χ0) is 11.8. The van der Waals surface area contributed by atoms with Gasteiger partial charge in [0.25, 0.3) is 0 Å². The Hall–Kier alpha value is -0.880. The van der Waals surface area contributed by atoms with E-state index in [4.69, 9.17) is 9.84 Å². The monoisotopic (exact) mass is 289 g/mol. The van der Waals surface area contributed by atoms with Gasteiger partial charge in [-0.25, -0.2) is 4.98 Å². The van der Waals surface area contributed by atoms with Gasteiger partial charge < -0.3 is 15.2 Å². The van der Waals surface area contributed by atoms with Crippen molar-refractivity contribution in [3.05, 3.63) is 10.7 Å². The molecule has 0 unspecified atom stereocenters. The molecule has 0 atom stereocenters. The fourth-order valence-corrected chi connectivity index (χ4v) is 1.55. The highest BCUT2D eigenvalue weighted by Gasteiger charge is 2.03. The maximum absolute atomic E-state index is 8.61. The van der Waals surface area contributed by atoms with Gasteiger partial charge in [-0.05, 0) is 35.2 Å². The molecule has 1 heterocycles. The van der Waals surface area contributed by atoms with Crippen molar-refractivity contribution >= 4 is 21.9 Å². The van der Waals surface area contributed by atoms with Crippen LogP contribution in [0.4, 0.5) is 5.95 Å². The van der Waals surface area contributed by atoms with Crippen LogP contribution < -0.4 is 10.1 Å². The van der Waals surface area contributed by atoms with Crippen LogP contribution in [0.5, 0.6) is 5.88 Å². The Morgan fingerprint density at radius 3 is 2.94 bits per heavy atom. The number of nitrogens with zero attached hydrogens (tertiary/aromatic N) is 2. The summed E-state index contributed by atoms with van der Waals surface area (Å²) < 4.78 is 5.80. The number of rotatable bonds is 7. The van der Waals surface area contributed by atoms with Gasteiger partial charge in [0.05, 0.1) is 17.8 Å². The lowest BCUT2D eigenvalue weighted by molar-refractivity contribution is 0.283. The van der Waals surface area contributed by atoms with Gasteiger partial charge in [-0.2, -0.15) is 4.98 Å². The summed E-state index contributed by atoms with van der Waals surface area (Å²) >= 11 is 3.29. The lowest BCUT2D eigenvalue weighted by atomic mass is 10.2. The van der Waals surface area contributed by atoms with E-state index in [-0.39, 0.29) is 6.61 Å². The molecule has 0 radical (unpaired) electrons. The number of halogens is 1. The van der Waals surface area contributed by atoms with Gasteiger partial charge in [-0.3, -0.25) is 0 Å². The number of hydrogen-bond donors (Lipinski definition) is 2. The van der Waals surface area contributed by atoms with Crippen LogP contribution in [0.25, 0.3) is 0 Å². The van der Waals surface area contributed by atoms with Gasteiger partial charge in [0, 0.05) is 13.2 Å². The molecule has 0 amide bonds. The molecule has 1 rings (SSSR count). The fourth-order valence-electron chi connectivity index (χ4n) is 1.19. The van der Waals surface area contributed by atoms with Gasteiger partial charge >= 0.3 is 0 Å². The van der Waals surface area contributed by atoms with Crippen LogP contribution in [0.3, 0.4) is 0 Å². The normalized spacial score (nSPS) is 10.2. The van der Waals surface area contributed by atoms with E-state index in [2.05, 4.69) is 31.2 Å². The molecule has 2 N–H and O–H groups in total. The average Bonchev–Trinajstić information content (AvgIpc) is 2.31. The van der Waals surface area contributed by atoms with E-state index in [1.807, 2.05) is 0 Å². The summed E-state index contributed by atoms with van der Waals surface area (Å²) in [6, 6.07) is 0. The van der Waals surface area contributed by atoms with Crippen molar-refractivity contribution in [1.82, 2.24) is 9.97 Å². The Bertz CT molecular complexity index is 323. The van der Waals surface area contributed by atoms with E-state index < -0.39 is 0 Å². The summed E-state index contributed by atoms with van der Waals surface area (Å²) in [4.78, 5) is 8.27. The van der Waals surface area contributed by atoms with Gasteiger partial charge in [-0.1, -0.05) is 0 Å². The van der Waals surface area contributed by atoms with Crippen molar-refractivity contribution in [2.45, 2.75) is 19.3 Å². The third-order valence-electron chi connectivity index (χ3n) is 2.02. The lowest BCUT2D eigenvalue weighted by Gasteiger charge is -2.06. The largest absolute Gasteiger partial charge is 0.480 e. The van der Waals surface area contributed by atoms with Gasteiger partial charge in [0.15, 0.2) is 0 Å². The minimum Gasteiger partial charge on any atom is -0.480 e. The Balaban J connectivity index is 2.36. The third kappa shape index (κ3) is 4.32. The van der Waals surface area contributed by atoms with Crippen molar-refractivity contribution in [3.8, 4) is 5.88 Å². The van der Waals surface area contributed by atoms with Crippen LogP contribution in [0.15, 0.2) is 10.7 Å². The highest BCUT2D eigenvalue weighted by Crippen LogP contribution is 2.21. The standard InChI is InChI=1S/C10H16BrN3O2/c1-16-9-8(11)7-13-10(14-9)12-5-3-2-4-6-15/h7,15H,2-6H2,1H3,(H,12,13,14). The maximum Gasteiger partial charge on any atom is 0.232 e. The SMILES string of the molecule is COc1nc(NCCCCCO)ncc1Br. The molecule has 0 saturated carbocycles. The summed E-state index contributed by atoms with van der Waals surface area (Å²) in [5.74, 6) is 1.08. The molecular weight excluding hydrogens is 274 g/mol. The molecule has 0 aliphatic carbocycles. The van der Waals surface area contributed by atoms with E-state index in [0.717, 1.165) is 30.3 Å². The summed E-state index contributed by atoms with van der Waals surface area (Å²) in [6.07, 6.45) is 4.48. The molecule has 0 aliphatic heterocycles. The first kappa shape index (κ1) is 13.2. The fraction of sp³-hybridized carbons (Fsp3) is 0.600. The highest BCUT2D eigenvalue weighted by atomic mass is 79.9. The minimum atomic E-state index is 0.253. The first-order valence-corrected chi connectivity index (χ1v) is 5.98. The molecular formula is C10H16BrN3O2. The highest BCUT2D eigenvalue weighted by molar-refractivity contribution is 9.10. The molecule has 1 aromatic heterocycles. The molecule has 0 saturated heterocycles. The van der Waals surface area contributed by atoms with Crippen LogP contribution in [0.1, 0.15) is 19.3 Å². The summed E-state index contributed by atoms with van der Waals surface area (Å²) in [5.41, 5.74) is 0. The second-order valence-electron chi connectivity index (χ2n) is 3.26. The van der Waals surface area contributed by atoms with E-state index in [9.17, 15) is 0 Å². The Kier molecular flexibility index (Phi) is 6.10. The molecule has 5 nitrogen and oxygen atoms in total. The Labute approximate surface area is 103 Å². The van der Waals surface area contributed by atoms with Gasteiger partial charge in [0.2, 0.25) is 11.8 Å². The topological polar surface area (TPSA) is 67.3 Å². The maximum atomic E-state index is 8.61. The van der Waals surface area contributed by atoms with Crippen LogP contribution in [0, 0.1) is 0 Å². The Morgan fingerprint density at radius 1 is 1.44 bits per heavy atom. The number of nitrogens with one attached hydrogen (secondary N) is 1.